The number of piperazine rings is 1. The van der Waals surface area contributed by atoms with Crippen molar-refractivity contribution in [2.75, 3.05) is 44.2 Å². The largest absolute Gasteiger partial charge is 0.369 e. The van der Waals surface area contributed by atoms with Crippen LogP contribution in [0.2, 0.25) is 10.0 Å². The molecule has 1 saturated carbocycles. The molecule has 0 radical (unpaired) electrons. The Hall–Kier alpha value is -2.01. The molecular weight excluding hydrogens is 453 g/mol. The van der Waals surface area contributed by atoms with Crippen molar-refractivity contribution in [3.63, 3.8) is 0 Å². The third kappa shape index (κ3) is 4.80. The summed E-state index contributed by atoms with van der Waals surface area (Å²) in [6.07, 6.45) is 7.24. The summed E-state index contributed by atoms with van der Waals surface area (Å²) < 4.78 is 0. The van der Waals surface area contributed by atoms with Crippen LogP contribution in [0, 0.1) is 0 Å². The highest BCUT2D eigenvalue weighted by atomic mass is 35.5. The van der Waals surface area contributed by atoms with Crippen molar-refractivity contribution in [2.45, 2.75) is 37.5 Å². The maximum absolute atomic E-state index is 13.7. The highest BCUT2D eigenvalue weighted by Crippen LogP contribution is 2.46. The van der Waals surface area contributed by atoms with Crippen LogP contribution in [-0.4, -0.2) is 55.0 Å². The van der Waals surface area contributed by atoms with E-state index in [1.54, 1.807) is 0 Å². The predicted molar refractivity (Wildman–Crippen MR) is 136 cm³/mol. The molecule has 2 aliphatic heterocycles. The summed E-state index contributed by atoms with van der Waals surface area (Å²) in [4.78, 5) is 20.6. The summed E-state index contributed by atoms with van der Waals surface area (Å²) in [5, 5.41) is 1.51. The Morgan fingerprint density at radius 3 is 2.30 bits per heavy atom. The van der Waals surface area contributed by atoms with Gasteiger partial charge in [0.25, 0.3) is 0 Å². The van der Waals surface area contributed by atoms with E-state index in [9.17, 15) is 4.79 Å². The van der Waals surface area contributed by atoms with Crippen molar-refractivity contribution < 1.29 is 4.79 Å². The lowest BCUT2D eigenvalue weighted by molar-refractivity contribution is -0.138. The fraction of sp³-hybridized carbons (Fsp3) is 0.444. The van der Waals surface area contributed by atoms with E-state index in [-0.39, 0.29) is 11.3 Å². The Morgan fingerprint density at radius 1 is 0.879 bits per heavy atom. The number of halogens is 2. The fourth-order valence-electron chi connectivity index (χ4n) is 5.43. The van der Waals surface area contributed by atoms with E-state index in [0.717, 1.165) is 87.0 Å². The molecule has 1 aliphatic carbocycles. The quantitative estimate of drug-likeness (QED) is 0.541. The van der Waals surface area contributed by atoms with Gasteiger partial charge in [0.1, 0.15) is 0 Å². The summed E-state index contributed by atoms with van der Waals surface area (Å²) >= 11 is 12.3. The molecule has 0 unspecified atom stereocenters. The number of amides is 1. The molecule has 2 aromatic rings. The third-order valence-electron chi connectivity index (χ3n) is 7.48. The average molecular weight is 484 g/mol. The minimum absolute atomic E-state index is 0.263. The Labute approximate surface area is 206 Å². The molecule has 33 heavy (non-hydrogen) atoms. The van der Waals surface area contributed by atoms with Gasteiger partial charge in [-0.1, -0.05) is 47.8 Å². The molecule has 0 N–H and O–H groups in total. The highest BCUT2D eigenvalue weighted by molar-refractivity contribution is 6.31. The van der Waals surface area contributed by atoms with Crippen molar-refractivity contribution in [1.82, 2.24) is 9.80 Å². The SMILES string of the molecule is O=C(N1C=C(CN2CCN(c3cccc(Cl)c3)CC2)CCC1)C1(c2ccc(Cl)cc2)CCC1. The van der Waals surface area contributed by atoms with Gasteiger partial charge in [-0.2, -0.15) is 0 Å². The standard InChI is InChI=1S/C27H31Cl2N3O/c28-23-9-7-22(8-10-23)27(11-3-12-27)26(33)32-13-2-4-21(20-32)19-30-14-16-31(17-15-30)25-6-1-5-24(29)18-25/h1,5-10,18,20H,2-4,11-17,19H2. The van der Waals surface area contributed by atoms with Crippen molar-refractivity contribution in [3.05, 3.63) is 75.9 Å². The second-order valence-electron chi connectivity index (χ2n) is 9.58. The maximum Gasteiger partial charge on any atom is 0.237 e. The molecule has 2 heterocycles. The number of carbonyl (C=O) groups is 1. The van der Waals surface area contributed by atoms with E-state index in [1.165, 1.54) is 11.3 Å². The van der Waals surface area contributed by atoms with Crippen LogP contribution in [-0.2, 0) is 10.2 Å². The number of benzene rings is 2. The van der Waals surface area contributed by atoms with E-state index < -0.39 is 0 Å². The van der Waals surface area contributed by atoms with Gasteiger partial charge in [-0.25, -0.2) is 0 Å². The third-order valence-corrected chi connectivity index (χ3v) is 7.97. The first-order chi connectivity index (χ1) is 16.0. The topological polar surface area (TPSA) is 26.8 Å². The molecule has 6 heteroatoms. The summed E-state index contributed by atoms with van der Waals surface area (Å²) in [5.41, 5.74) is 3.31. The van der Waals surface area contributed by atoms with E-state index >= 15 is 0 Å². The Balaban J connectivity index is 1.22. The summed E-state index contributed by atoms with van der Waals surface area (Å²) in [6.45, 7) is 5.80. The fourth-order valence-corrected chi connectivity index (χ4v) is 5.74. The molecule has 5 rings (SSSR count). The first-order valence-electron chi connectivity index (χ1n) is 12.0. The Kier molecular flexibility index (Phi) is 6.69. The molecule has 2 aromatic carbocycles. The van der Waals surface area contributed by atoms with E-state index in [4.69, 9.17) is 23.2 Å². The molecule has 3 aliphatic rings. The average Bonchev–Trinajstić information content (AvgIpc) is 2.80. The molecule has 1 amide bonds. The number of hydrogen-bond donors (Lipinski definition) is 0. The number of nitrogens with zero attached hydrogens (tertiary/aromatic N) is 3. The maximum atomic E-state index is 13.7. The molecule has 0 aromatic heterocycles. The van der Waals surface area contributed by atoms with Gasteiger partial charge in [0.15, 0.2) is 0 Å². The molecule has 1 saturated heterocycles. The molecule has 2 fully saturated rings. The van der Waals surface area contributed by atoms with Crippen LogP contribution >= 0.6 is 23.2 Å². The lowest BCUT2D eigenvalue weighted by Gasteiger charge is -2.44. The van der Waals surface area contributed by atoms with Crippen LogP contribution in [0.1, 0.15) is 37.7 Å². The van der Waals surface area contributed by atoms with Gasteiger partial charge in [-0.3, -0.25) is 9.69 Å². The summed E-state index contributed by atoms with van der Waals surface area (Å²) in [7, 11) is 0. The monoisotopic (exact) mass is 483 g/mol. The van der Waals surface area contributed by atoms with E-state index in [2.05, 4.69) is 22.1 Å². The Morgan fingerprint density at radius 2 is 1.64 bits per heavy atom. The van der Waals surface area contributed by atoms with E-state index in [1.807, 2.05) is 47.4 Å². The molecule has 4 nitrogen and oxygen atoms in total. The van der Waals surface area contributed by atoms with Crippen molar-refractivity contribution >= 4 is 34.8 Å². The second kappa shape index (κ2) is 9.69. The zero-order valence-electron chi connectivity index (χ0n) is 19.0. The van der Waals surface area contributed by atoms with Gasteiger partial charge in [0, 0.05) is 61.2 Å². The number of rotatable bonds is 5. The lowest BCUT2D eigenvalue weighted by Crippen LogP contribution is -2.51. The van der Waals surface area contributed by atoms with E-state index in [0.29, 0.717) is 0 Å². The van der Waals surface area contributed by atoms with Crippen molar-refractivity contribution in [3.8, 4) is 0 Å². The molecule has 174 valence electrons. The van der Waals surface area contributed by atoms with Crippen LogP contribution in [0.25, 0.3) is 0 Å². The lowest BCUT2D eigenvalue weighted by atomic mass is 9.63. The first-order valence-corrected chi connectivity index (χ1v) is 12.8. The van der Waals surface area contributed by atoms with Crippen LogP contribution < -0.4 is 4.90 Å². The van der Waals surface area contributed by atoms with Crippen molar-refractivity contribution in [1.29, 1.82) is 0 Å². The molecule has 0 spiro atoms. The van der Waals surface area contributed by atoms with Gasteiger partial charge < -0.3 is 9.80 Å². The first kappa shape index (κ1) is 22.8. The van der Waals surface area contributed by atoms with Gasteiger partial charge >= 0.3 is 0 Å². The Bertz CT molecular complexity index is 1020. The molecule has 0 bridgehead atoms. The van der Waals surface area contributed by atoms with Gasteiger partial charge in [0.2, 0.25) is 5.91 Å². The van der Waals surface area contributed by atoms with Gasteiger partial charge in [-0.15, -0.1) is 0 Å². The number of anilines is 1. The van der Waals surface area contributed by atoms with Gasteiger partial charge in [-0.05, 0) is 67.2 Å². The van der Waals surface area contributed by atoms with Gasteiger partial charge in [0.05, 0.1) is 5.41 Å². The van der Waals surface area contributed by atoms with Crippen LogP contribution in [0.15, 0.2) is 60.3 Å². The summed E-state index contributed by atoms with van der Waals surface area (Å²) in [6, 6.07) is 16.0. The number of hydrogen-bond acceptors (Lipinski definition) is 3. The number of carbonyl (C=O) groups excluding carboxylic acids is 1. The predicted octanol–water partition coefficient (Wildman–Crippen LogP) is 5.74. The zero-order chi connectivity index (χ0) is 22.8. The normalized spacial score (nSPS) is 20.8. The minimum atomic E-state index is -0.369. The van der Waals surface area contributed by atoms with Crippen LogP contribution in [0.5, 0.6) is 0 Å². The molecule has 0 atom stereocenters. The van der Waals surface area contributed by atoms with Crippen LogP contribution in [0.3, 0.4) is 0 Å². The molecular formula is C27H31Cl2N3O. The second-order valence-corrected chi connectivity index (χ2v) is 10.4. The minimum Gasteiger partial charge on any atom is -0.369 e. The highest BCUT2D eigenvalue weighted by Gasteiger charge is 2.47. The smallest absolute Gasteiger partial charge is 0.237 e. The van der Waals surface area contributed by atoms with Crippen molar-refractivity contribution in [2.24, 2.45) is 0 Å². The zero-order valence-corrected chi connectivity index (χ0v) is 20.5. The van der Waals surface area contributed by atoms with Crippen LogP contribution in [0.4, 0.5) is 5.69 Å². The summed E-state index contributed by atoms with van der Waals surface area (Å²) in [5.74, 6) is 0.263.